The second-order valence-electron chi connectivity index (χ2n) is 7.83. The number of thiazole rings is 1. The molecule has 3 aromatic rings. The molecule has 2 amide bonds. The van der Waals surface area contributed by atoms with Gasteiger partial charge in [-0.3, -0.25) is 19.5 Å². The van der Waals surface area contributed by atoms with Gasteiger partial charge >= 0.3 is 6.36 Å². The van der Waals surface area contributed by atoms with Gasteiger partial charge in [0.25, 0.3) is 5.91 Å². The summed E-state index contributed by atoms with van der Waals surface area (Å²) in [6.45, 7) is 2.51. The zero-order chi connectivity index (χ0) is 24.3. The van der Waals surface area contributed by atoms with Crippen molar-refractivity contribution < 1.29 is 27.5 Å². The molecule has 1 N–H and O–H groups in total. The molecular formula is C23H21F3N4O3S. The Bertz CT molecular complexity index is 1170. The fourth-order valence-electron chi connectivity index (χ4n) is 3.70. The zero-order valence-electron chi connectivity index (χ0n) is 18.1. The molecule has 0 saturated carbocycles. The number of amides is 2. The van der Waals surface area contributed by atoms with Gasteiger partial charge < -0.3 is 10.1 Å². The molecule has 4 rings (SSSR count). The number of pyridine rings is 1. The van der Waals surface area contributed by atoms with Crippen LogP contribution < -0.4 is 15.0 Å². The third-order valence-electron chi connectivity index (χ3n) is 5.35. The Labute approximate surface area is 197 Å². The van der Waals surface area contributed by atoms with Gasteiger partial charge in [-0.2, -0.15) is 0 Å². The monoisotopic (exact) mass is 490 g/mol. The van der Waals surface area contributed by atoms with Crippen LogP contribution in [0.4, 0.5) is 18.3 Å². The summed E-state index contributed by atoms with van der Waals surface area (Å²) in [5.74, 6) is -1.01. The molecule has 1 aromatic carbocycles. The van der Waals surface area contributed by atoms with Crippen LogP contribution in [-0.4, -0.2) is 34.7 Å². The quantitative estimate of drug-likeness (QED) is 0.535. The number of nitrogens with zero attached hydrogens (tertiary/aromatic N) is 3. The van der Waals surface area contributed by atoms with Gasteiger partial charge in [-0.1, -0.05) is 29.5 Å². The lowest BCUT2D eigenvalue weighted by Gasteiger charge is -2.14. The van der Waals surface area contributed by atoms with Crippen molar-refractivity contribution in [1.29, 1.82) is 0 Å². The largest absolute Gasteiger partial charge is 0.573 e. The normalized spacial score (nSPS) is 16.1. The summed E-state index contributed by atoms with van der Waals surface area (Å²) in [4.78, 5) is 36.1. The van der Waals surface area contributed by atoms with E-state index >= 15 is 0 Å². The first-order valence-electron chi connectivity index (χ1n) is 10.5. The number of nitrogens with one attached hydrogen (secondary N) is 1. The number of ether oxygens (including phenoxy) is 1. The number of hydrogen-bond acceptors (Lipinski definition) is 6. The minimum atomic E-state index is -4.75. The highest BCUT2D eigenvalue weighted by Crippen LogP contribution is 2.33. The number of carbonyl (C=O) groups excluding carboxylic acids is 2. The van der Waals surface area contributed by atoms with Crippen molar-refractivity contribution in [3.05, 3.63) is 70.5 Å². The van der Waals surface area contributed by atoms with Crippen molar-refractivity contribution in [2.24, 2.45) is 5.92 Å². The van der Waals surface area contributed by atoms with Crippen LogP contribution in [0.2, 0.25) is 0 Å². The highest BCUT2D eigenvalue weighted by molar-refractivity contribution is 7.17. The summed E-state index contributed by atoms with van der Waals surface area (Å²) in [7, 11) is 0. The average Bonchev–Trinajstić information content (AvgIpc) is 3.35. The molecule has 1 aliphatic heterocycles. The van der Waals surface area contributed by atoms with Crippen LogP contribution in [0.1, 0.15) is 32.9 Å². The third kappa shape index (κ3) is 5.71. The van der Waals surface area contributed by atoms with E-state index in [2.05, 4.69) is 20.0 Å². The van der Waals surface area contributed by atoms with Gasteiger partial charge in [0, 0.05) is 31.4 Å². The molecule has 1 fully saturated rings. The van der Waals surface area contributed by atoms with E-state index in [1.165, 1.54) is 24.3 Å². The summed E-state index contributed by atoms with van der Waals surface area (Å²) in [6, 6.07) is 9.17. The molecule has 1 saturated heterocycles. The number of halogens is 3. The summed E-state index contributed by atoms with van der Waals surface area (Å²) in [5, 5.41) is 3.30. The molecule has 3 heterocycles. The molecule has 7 nitrogen and oxygen atoms in total. The van der Waals surface area contributed by atoms with Crippen molar-refractivity contribution in [2.45, 2.75) is 32.7 Å². The second kappa shape index (κ2) is 9.80. The first-order chi connectivity index (χ1) is 16.2. The first-order valence-corrected chi connectivity index (χ1v) is 11.3. The Kier molecular flexibility index (Phi) is 6.82. The maximum Gasteiger partial charge on any atom is 0.573 e. The summed E-state index contributed by atoms with van der Waals surface area (Å²) in [5.41, 5.74) is 2.15. The lowest BCUT2D eigenvalue weighted by Crippen LogP contribution is -2.27. The molecule has 34 heavy (non-hydrogen) atoms. The highest BCUT2D eigenvalue weighted by Gasteiger charge is 2.35. The SMILES string of the molecule is Cc1nc(N2CCC(Cc3ccc(OC(F)(F)F)cc3)C2=O)sc1C(=O)NCc1cccnc1. The van der Waals surface area contributed by atoms with E-state index in [0.717, 1.165) is 22.5 Å². The second-order valence-corrected chi connectivity index (χ2v) is 8.80. The molecule has 0 radical (unpaired) electrons. The molecule has 1 aliphatic rings. The zero-order valence-corrected chi connectivity index (χ0v) is 18.9. The van der Waals surface area contributed by atoms with E-state index in [0.29, 0.717) is 41.6 Å². The van der Waals surface area contributed by atoms with Crippen molar-refractivity contribution in [1.82, 2.24) is 15.3 Å². The molecule has 178 valence electrons. The standard InChI is InChI=1S/C23H21F3N4O3S/c1-14-19(20(31)28-13-16-3-2-9-27-12-16)34-22(29-14)30-10-8-17(21(30)32)11-15-4-6-18(7-5-15)33-23(24,25)26/h2-7,9,12,17H,8,10-11,13H2,1H3,(H,28,31). The van der Waals surface area contributed by atoms with Crippen molar-refractivity contribution in [2.75, 3.05) is 11.4 Å². The minimum Gasteiger partial charge on any atom is -0.406 e. The Morgan fingerprint density at radius 3 is 2.68 bits per heavy atom. The molecule has 0 bridgehead atoms. The smallest absolute Gasteiger partial charge is 0.406 e. The summed E-state index contributed by atoms with van der Waals surface area (Å²) in [6.07, 6.45) is -0.442. The van der Waals surface area contributed by atoms with Crippen molar-refractivity contribution in [3.8, 4) is 5.75 Å². The molecule has 2 aromatic heterocycles. The predicted molar refractivity (Wildman–Crippen MR) is 120 cm³/mol. The van der Waals surface area contributed by atoms with Gasteiger partial charge in [-0.15, -0.1) is 13.2 Å². The molecule has 0 aliphatic carbocycles. The Balaban J connectivity index is 1.37. The lowest BCUT2D eigenvalue weighted by molar-refractivity contribution is -0.274. The fraction of sp³-hybridized carbons (Fsp3) is 0.304. The van der Waals surface area contributed by atoms with Crippen LogP contribution in [0, 0.1) is 12.8 Å². The lowest BCUT2D eigenvalue weighted by atomic mass is 9.98. The van der Waals surface area contributed by atoms with Gasteiger partial charge in [0.1, 0.15) is 10.6 Å². The van der Waals surface area contributed by atoms with Crippen LogP contribution in [-0.2, 0) is 17.8 Å². The van der Waals surface area contributed by atoms with Crippen LogP contribution in [0.5, 0.6) is 5.75 Å². The van der Waals surface area contributed by atoms with Crippen molar-refractivity contribution in [3.63, 3.8) is 0 Å². The Morgan fingerprint density at radius 2 is 2.00 bits per heavy atom. The third-order valence-corrected chi connectivity index (χ3v) is 6.53. The van der Waals surface area contributed by atoms with Gasteiger partial charge in [-0.05, 0) is 49.1 Å². The van der Waals surface area contributed by atoms with E-state index in [9.17, 15) is 22.8 Å². The number of alkyl halides is 3. The number of carbonyl (C=O) groups is 2. The molecule has 1 unspecified atom stereocenters. The maximum atomic E-state index is 13.0. The maximum absolute atomic E-state index is 13.0. The Hall–Kier alpha value is -3.47. The predicted octanol–water partition coefficient (Wildman–Crippen LogP) is 4.27. The number of anilines is 1. The molecule has 0 spiro atoms. The highest BCUT2D eigenvalue weighted by atomic mass is 32.1. The number of hydrogen-bond donors (Lipinski definition) is 1. The van der Waals surface area contributed by atoms with Crippen LogP contribution in [0.3, 0.4) is 0 Å². The topological polar surface area (TPSA) is 84.4 Å². The van der Waals surface area contributed by atoms with E-state index in [-0.39, 0.29) is 23.5 Å². The van der Waals surface area contributed by atoms with Gasteiger partial charge in [0.15, 0.2) is 5.13 Å². The van der Waals surface area contributed by atoms with Crippen LogP contribution in [0.15, 0.2) is 48.8 Å². The summed E-state index contributed by atoms with van der Waals surface area (Å²) < 4.78 is 40.8. The van der Waals surface area contributed by atoms with E-state index < -0.39 is 6.36 Å². The van der Waals surface area contributed by atoms with Crippen LogP contribution in [0.25, 0.3) is 0 Å². The Morgan fingerprint density at radius 1 is 1.24 bits per heavy atom. The number of benzene rings is 1. The average molecular weight is 491 g/mol. The summed E-state index contributed by atoms with van der Waals surface area (Å²) >= 11 is 1.16. The fourth-order valence-corrected chi connectivity index (χ4v) is 4.72. The molecular weight excluding hydrogens is 469 g/mol. The van der Waals surface area contributed by atoms with Crippen molar-refractivity contribution >= 4 is 28.3 Å². The van der Waals surface area contributed by atoms with E-state index in [1.54, 1.807) is 30.3 Å². The number of aromatic nitrogens is 2. The number of aryl methyl sites for hydroxylation is 1. The minimum absolute atomic E-state index is 0.119. The van der Waals surface area contributed by atoms with Gasteiger partial charge in [-0.25, -0.2) is 4.98 Å². The molecule has 11 heteroatoms. The van der Waals surface area contributed by atoms with E-state index in [1.807, 2.05) is 6.07 Å². The molecule has 1 atom stereocenters. The van der Waals surface area contributed by atoms with Gasteiger partial charge in [0.05, 0.1) is 5.69 Å². The van der Waals surface area contributed by atoms with Gasteiger partial charge in [0.2, 0.25) is 5.91 Å². The first kappa shape index (κ1) is 23.7. The van der Waals surface area contributed by atoms with E-state index in [4.69, 9.17) is 0 Å². The number of rotatable bonds is 7. The van der Waals surface area contributed by atoms with Crippen LogP contribution >= 0.6 is 11.3 Å².